The molecule has 3 heteroatoms. The molecule has 0 radical (unpaired) electrons. The van der Waals surface area contributed by atoms with Gasteiger partial charge in [0.1, 0.15) is 0 Å². The molecule has 1 aliphatic carbocycles. The van der Waals surface area contributed by atoms with E-state index in [9.17, 15) is 0 Å². The molecule has 2 N–H and O–H groups in total. The summed E-state index contributed by atoms with van der Waals surface area (Å²) in [5, 5.41) is 0. The molecule has 0 aromatic heterocycles. The van der Waals surface area contributed by atoms with E-state index < -0.39 is 0 Å². The van der Waals surface area contributed by atoms with Crippen molar-refractivity contribution >= 4 is 28.3 Å². The Morgan fingerprint density at radius 3 is 2.57 bits per heavy atom. The van der Waals surface area contributed by atoms with Crippen molar-refractivity contribution in [2.45, 2.75) is 28.3 Å². The molecular formula is C18H17IN2. The zero-order valence-corrected chi connectivity index (χ0v) is 13.8. The molecule has 4 atom stereocenters. The molecule has 4 rings (SSSR count). The van der Waals surface area contributed by atoms with E-state index in [-0.39, 0.29) is 9.97 Å². The van der Waals surface area contributed by atoms with Crippen LogP contribution < -0.4 is 5.73 Å². The fraction of sp³-hybridized carbons (Fsp3) is 0.278. The van der Waals surface area contributed by atoms with Crippen molar-refractivity contribution in [1.82, 2.24) is 0 Å². The lowest BCUT2D eigenvalue weighted by Gasteiger charge is -2.25. The van der Waals surface area contributed by atoms with E-state index in [1.54, 1.807) is 0 Å². The monoisotopic (exact) mass is 388 g/mol. The van der Waals surface area contributed by atoms with Crippen molar-refractivity contribution in [1.29, 1.82) is 0 Å². The van der Waals surface area contributed by atoms with E-state index in [2.05, 4.69) is 59.0 Å². The van der Waals surface area contributed by atoms with Gasteiger partial charge in [-0.3, -0.25) is 4.99 Å². The molecule has 3 unspecified atom stereocenters. The third kappa shape index (κ3) is 2.32. The van der Waals surface area contributed by atoms with Crippen LogP contribution in [0.15, 0.2) is 59.6 Å². The number of alkyl halides is 1. The number of halogens is 1. The van der Waals surface area contributed by atoms with Crippen LogP contribution in [0, 0.1) is 0 Å². The van der Waals surface area contributed by atoms with Crippen LogP contribution in [-0.2, 0) is 0 Å². The number of nitrogens with two attached hydrogens (primary N) is 1. The Hall–Kier alpha value is -1.20. The van der Waals surface area contributed by atoms with Crippen LogP contribution in [0.2, 0.25) is 0 Å². The Labute approximate surface area is 138 Å². The van der Waals surface area contributed by atoms with Gasteiger partial charge < -0.3 is 5.73 Å². The van der Waals surface area contributed by atoms with Crippen molar-refractivity contribution in [3.63, 3.8) is 0 Å². The number of fused-ring (bicyclic) bond motifs is 3. The maximum Gasteiger partial charge on any atom is 0.0726 e. The fourth-order valence-electron chi connectivity index (χ4n) is 3.19. The zero-order chi connectivity index (χ0) is 14.4. The Bertz CT molecular complexity index is 695. The molecule has 2 aliphatic rings. The van der Waals surface area contributed by atoms with E-state index in [1.165, 1.54) is 28.8 Å². The Morgan fingerprint density at radius 2 is 1.76 bits per heavy atom. The number of hydrogen-bond donors (Lipinski definition) is 1. The molecule has 0 saturated heterocycles. The van der Waals surface area contributed by atoms with Crippen LogP contribution in [0.1, 0.15) is 35.1 Å². The van der Waals surface area contributed by atoms with Gasteiger partial charge in [0.15, 0.2) is 0 Å². The van der Waals surface area contributed by atoms with Crippen LogP contribution >= 0.6 is 22.6 Å². The molecule has 1 heterocycles. The molecule has 1 aliphatic heterocycles. The first-order chi connectivity index (χ1) is 10.3. The molecule has 2 aromatic rings. The predicted molar refractivity (Wildman–Crippen MR) is 95.3 cm³/mol. The first kappa shape index (κ1) is 13.5. The zero-order valence-electron chi connectivity index (χ0n) is 11.6. The van der Waals surface area contributed by atoms with Crippen LogP contribution in [0.4, 0.5) is 0 Å². The van der Waals surface area contributed by atoms with Gasteiger partial charge in [0.2, 0.25) is 0 Å². The minimum atomic E-state index is -0.0195. The van der Waals surface area contributed by atoms with E-state index in [0.29, 0.717) is 12.0 Å². The second-order valence-electron chi connectivity index (χ2n) is 5.85. The van der Waals surface area contributed by atoms with Crippen LogP contribution in [-0.4, -0.2) is 15.7 Å². The minimum absolute atomic E-state index is 0.0195. The molecule has 1 fully saturated rings. The van der Waals surface area contributed by atoms with Gasteiger partial charge in [-0.2, -0.15) is 0 Å². The van der Waals surface area contributed by atoms with Gasteiger partial charge in [0, 0.05) is 17.5 Å². The summed E-state index contributed by atoms with van der Waals surface area (Å²) >= 11 is 2.46. The largest absolute Gasteiger partial charge is 0.323 e. The Kier molecular flexibility index (Phi) is 3.34. The van der Waals surface area contributed by atoms with Crippen molar-refractivity contribution in [3.05, 3.63) is 71.3 Å². The SMILES string of the molecule is NC(c1ccccc1)[C@H](I)C1=NC2CC2c2ccccc21. The molecule has 2 nitrogen and oxygen atoms in total. The summed E-state index contributed by atoms with van der Waals surface area (Å²) in [6.07, 6.45) is 1.20. The topological polar surface area (TPSA) is 38.4 Å². The lowest BCUT2D eigenvalue weighted by atomic mass is 9.91. The highest BCUT2D eigenvalue weighted by atomic mass is 127. The van der Waals surface area contributed by atoms with Crippen molar-refractivity contribution in [2.24, 2.45) is 10.7 Å². The van der Waals surface area contributed by atoms with Gasteiger partial charge >= 0.3 is 0 Å². The molecule has 0 amide bonds. The van der Waals surface area contributed by atoms with Gasteiger partial charge in [-0.25, -0.2) is 0 Å². The molecule has 2 aromatic carbocycles. The molecule has 1 saturated carbocycles. The standard InChI is InChI=1S/C18H17IN2/c19-16(17(20)11-6-2-1-3-7-11)18-13-9-5-4-8-12(13)14-10-15(14)21-18/h1-9,14-17H,10,20H2/t14?,15?,16-,17?/m0/s1. The fourth-order valence-corrected chi connectivity index (χ4v) is 4.11. The second-order valence-corrected chi connectivity index (χ2v) is 7.19. The van der Waals surface area contributed by atoms with E-state index in [1.807, 2.05) is 18.2 Å². The van der Waals surface area contributed by atoms with Gasteiger partial charge in [-0.1, -0.05) is 77.2 Å². The summed E-state index contributed by atoms with van der Waals surface area (Å²) in [6.45, 7) is 0. The maximum absolute atomic E-state index is 6.50. The molecule has 106 valence electrons. The van der Waals surface area contributed by atoms with Gasteiger partial charge in [0.25, 0.3) is 0 Å². The van der Waals surface area contributed by atoms with Gasteiger partial charge in [0.05, 0.1) is 15.7 Å². The maximum atomic E-state index is 6.50. The van der Waals surface area contributed by atoms with Crippen LogP contribution in [0.5, 0.6) is 0 Å². The van der Waals surface area contributed by atoms with Gasteiger partial charge in [-0.05, 0) is 17.5 Å². The number of rotatable bonds is 3. The van der Waals surface area contributed by atoms with Crippen molar-refractivity contribution in [3.8, 4) is 0 Å². The summed E-state index contributed by atoms with van der Waals surface area (Å²) < 4.78 is 0.202. The normalized spacial score (nSPS) is 25.3. The number of hydrogen-bond acceptors (Lipinski definition) is 2. The smallest absolute Gasteiger partial charge is 0.0726 e. The molecule has 0 bridgehead atoms. The summed E-state index contributed by atoms with van der Waals surface area (Å²) in [6, 6.07) is 19.5. The van der Waals surface area contributed by atoms with Gasteiger partial charge in [-0.15, -0.1) is 0 Å². The highest BCUT2D eigenvalue weighted by Gasteiger charge is 2.44. The average molecular weight is 388 g/mol. The number of aliphatic imine (C=N–C) groups is 1. The van der Waals surface area contributed by atoms with Crippen LogP contribution in [0.25, 0.3) is 0 Å². The van der Waals surface area contributed by atoms with Crippen molar-refractivity contribution in [2.75, 3.05) is 0 Å². The molecule has 0 spiro atoms. The Morgan fingerprint density at radius 1 is 1.05 bits per heavy atom. The third-order valence-electron chi connectivity index (χ3n) is 4.46. The van der Waals surface area contributed by atoms with E-state index >= 15 is 0 Å². The number of nitrogens with zero attached hydrogens (tertiary/aromatic N) is 1. The quantitative estimate of drug-likeness (QED) is 0.630. The summed E-state index contributed by atoms with van der Waals surface area (Å²) in [7, 11) is 0. The van der Waals surface area contributed by atoms with Crippen LogP contribution in [0.3, 0.4) is 0 Å². The first-order valence-corrected chi connectivity index (χ1v) is 8.62. The van der Waals surface area contributed by atoms with Crippen molar-refractivity contribution < 1.29 is 0 Å². The number of benzene rings is 2. The Balaban J connectivity index is 1.70. The first-order valence-electron chi connectivity index (χ1n) is 7.37. The predicted octanol–water partition coefficient (Wildman–Crippen LogP) is 3.85. The highest BCUT2D eigenvalue weighted by Crippen LogP contribution is 2.49. The highest BCUT2D eigenvalue weighted by molar-refractivity contribution is 14.1. The second kappa shape index (κ2) is 5.21. The minimum Gasteiger partial charge on any atom is -0.323 e. The average Bonchev–Trinajstić information content (AvgIpc) is 3.33. The summed E-state index contributed by atoms with van der Waals surface area (Å²) in [5.41, 5.74) is 11.6. The third-order valence-corrected chi connectivity index (χ3v) is 5.82. The molecular weight excluding hydrogens is 371 g/mol. The molecule has 21 heavy (non-hydrogen) atoms. The lowest BCUT2D eigenvalue weighted by molar-refractivity contribution is 0.784. The lowest BCUT2D eigenvalue weighted by Crippen LogP contribution is -2.31. The summed E-state index contributed by atoms with van der Waals surface area (Å²) in [4.78, 5) is 4.97. The van der Waals surface area contributed by atoms with E-state index in [4.69, 9.17) is 10.7 Å². The summed E-state index contributed by atoms with van der Waals surface area (Å²) in [5.74, 6) is 0.654. The van der Waals surface area contributed by atoms with E-state index in [0.717, 1.165) is 0 Å².